The number of nitro benzene ring substituents is 1. The third kappa shape index (κ3) is 1.62. The van der Waals surface area contributed by atoms with Gasteiger partial charge in [-0.1, -0.05) is 0 Å². The van der Waals surface area contributed by atoms with Crippen molar-refractivity contribution in [3.63, 3.8) is 0 Å². The zero-order valence-corrected chi connectivity index (χ0v) is 7.90. The fraction of sp³-hybridized carbons (Fsp3) is 0. The molecule has 2 aromatic rings. The van der Waals surface area contributed by atoms with Crippen molar-refractivity contribution in [3.8, 4) is 11.1 Å². The molecule has 1 heterocycles. The summed E-state index contributed by atoms with van der Waals surface area (Å²) in [5.41, 5.74) is 2.05. The minimum atomic E-state index is -0.407. The molecule has 0 saturated carbocycles. The number of hydrogen-bond donors (Lipinski definition) is 0. The molecule has 0 atom stereocenters. The van der Waals surface area contributed by atoms with Crippen molar-refractivity contribution in [1.29, 1.82) is 0 Å². The van der Waals surface area contributed by atoms with Gasteiger partial charge in [0, 0.05) is 29.3 Å². The Hall–Kier alpha value is -1.75. The predicted octanol–water partition coefficient (Wildman–Crippen LogP) is 2.72. The van der Waals surface area contributed by atoms with Crippen LogP contribution in [0.15, 0.2) is 35.8 Å². The van der Waals surface area contributed by atoms with Crippen LogP contribution in [0, 0.1) is 10.1 Å². The Kier molecular flexibility index (Phi) is 2.24. The average Bonchev–Trinajstić information content (AvgIpc) is 2.71. The number of nitrogens with zero attached hydrogens (tertiary/aromatic N) is 2. The SMILES string of the molecule is O=[N+]([O-])c1ccc(-c2cnsc2)cc1. The Morgan fingerprint density at radius 1 is 1.21 bits per heavy atom. The summed E-state index contributed by atoms with van der Waals surface area (Å²) in [6.07, 6.45) is 1.74. The van der Waals surface area contributed by atoms with E-state index < -0.39 is 4.92 Å². The first-order valence-corrected chi connectivity index (χ1v) is 4.75. The van der Waals surface area contributed by atoms with Crippen molar-refractivity contribution in [1.82, 2.24) is 4.37 Å². The van der Waals surface area contributed by atoms with Crippen LogP contribution >= 0.6 is 11.5 Å². The molecule has 5 heteroatoms. The molecule has 0 bridgehead atoms. The molecule has 0 aliphatic heterocycles. The molecule has 0 fully saturated rings. The quantitative estimate of drug-likeness (QED) is 0.560. The van der Waals surface area contributed by atoms with Crippen LogP contribution in [-0.2, 0) is 0 Å². The third-order valence-corrected chi connectivity index (χ3v) is 2.43. The van der Waals surface area contributed by atoms with E-state index in [2.05, 4.69) is 4.37 Å². The number of hydrogen-bond acceptors (Lipinski definition) is 4. The van der Waals surface area contributed by atoms with Gasteiger partial charge in [0.05, 0.1) is 4.92 Å². The molecule has 0 aliphatic rings. The minimum Gasteiger partial charge on any atom is -0.258 e. The summed E-state index contributed by atoms with van der Waals surface area (Å²) < 4.78 is 3.96. The maximum absolute atomic E-state index is 10.4. The molecule has 2 rings (SSSR count). The van der Waals surface area contributed by atoms with Crippen LogP contribution in [0.5, 0.6) is 0 Å². The molecule has 0 unspecified atom stereocenters. The van der Waals surface area contributed by atoms with Crippen LogP contribution in [0.3, 0.4) is 0 Å². The van der Waals surface area contributed by atoms with E-state index in [1.807, 2.05) is 5.38 Å². The second-order valence-electron chi connectivity index (χ2n) is 2.72. The Morgan fingerprint density at radius 2 is 1.93 bits per heavy atom. The van der Waals surface area contributed by atoms with Gasteiger partial charge in [0.1, 0.15) is 0 Å². The highest BCUT2D eigenvalue weighted by Crippen LogP contribution is 2.22. The van der Waals surface area contributed by atoms with Crippen LogP contribution in [0.1, 0.15) is 0 Å². The fourth-order valence-corrected chi connectivity index (χ4v) is 1.67. The molecule has 4 nitrogen and oxygen atoms in total. The van der Waals surface area contributed by atoms with E-state index in [0.717, 1.165) is 11.1 Å². The molecule has 0 amide bonds. The molecule has 0 saturated heterocycles. The maximum atomic E-state index is 10.4. The fourth-order valence-electron chi connectivity index (χ4n) is 1.12. The molecular formula is C9H6N2O2S. The van der Waals surface area contributed by atoms with Gasteiger partial charge in [-0.15, -0.1) is 0 Å². The topological polar surface area (TPSA) is 56.0 Å². The molecule has 1 aromatic carbocycles. The number of rotatable bonds is 2. The first-order chi connectivity index (χ1) is 6.77. The van der Waals surface area contributed by atoms with Crippen LogP contribution in [0.25, 0.3) is 11.1 Å². The van der Waals surface area contributed by atoms with Crippen molar-refractivity contribution in [2.24, 2.45) is 0 Å². The van der Waals surface area contributed by atoms with E-state index in [4.69, 9.17) is 0 Å². The van der Waals surface area contributed by atoms with Gasteiger partial charge in [-0.05, 0) is 29.2 Å². The summed E-state index contributed by atoms with van der Waals surface area (Å²) in [4.78, 5) is 9.99. The normalized spacial score (nSPS) is 10.0. The van der Waals surface area contributed by atoms with E-state index >= 15 is 0 Å². The Bertz CT molecular complexity index is 436. The van der Waals surface area contributed by atoms with Crippen molar-refractivity contribution in [3.05, 3.63) is 46.0 Å². The first-order valence-electron chi connectivity index (χ1n) is 3.91. The van der Waals surface area contributed by atoms with E-state index in [1.165, 1.54) is 23.7 Å². The smallest absolute Gasteiger partial charge is 0.258 e. The molecule has 0 spiro atoms. The first kappa shape index (κ1) is 8.83. The van der Waals surface area contributed by atoms with Crippen LogP contribution in [-0.4, -0.2) is 9.30 Å². The van der Waals surface area contributed by atoms with E-state index in [-0.39, 0.29) is 5.69 Å². The maximum Gasteiger partial charge on any atom is 0.269 e. The summed E-state index contributed by atoms with van der Waals surface area (Å²) in [6, 6.07) is 6.43. The van der Waals surface area contributed by atoms with Gasteiger partial charge in [0.25, 0.3) is 5.69 Å². The zero-order chi connectivity index (χ0) is 9.97. The number of aromatic nitrogens is 1. The van der Waals surface area contributed by atoms with E-state index in [1.54, 1.807) is 18.3 Å². The lowest BCUT2D eigenvalue weighted by molar-refractivity contribution is -0.384. The van der Waals surface area contributed by atoms with Crippen molar-refractivity contribution < 1.29 is 4.92 Å². The second kappa shape index (κ2) is 3.55. The van der Waals surface area contributed by atoms with Gasteiger partial charge >= 0.3 is 0 Å². The van der Waals surface area contributed by atoms with Gasteiger partial charge in [-0.3, -0.25) is 10.1 Å². The second-order valence-corrected chi connectivity index (χ2v) is 3.37. The summed E-state index contributed by atoms with van der Waals surface area (Å²) in [5, 5.41) is 12.3. The standard InChI is InChI=1S/C9H6N2O2S/c12-11(13)9-3-1-7(2-4-9)8-5-10-14-6-8/h1-6H. The van der Waals surface area contributed by atoms with Gasteiger partial charge in [0.15, 0.2) is 0 Å². The molecule has 1 aromatic heterocycles. The number of nitro groups is 1. The van der Waals surface area contributed by atoms with Crippen LogP contribution in [0.4, 0.5) is 5.69 Å². The molecule has 0 radical (unpaired) electrons. The van der Waals surface area contributed by atoms with Crippen molar-refractivity contribution in [2.45, 2.75) is 0 Å². The summed E-state index contributed by atoms with van der Waals surface area (Å²) >= 11 is 1.36. The predicted molar refractivity (Wildman–Crippen MR) is 54.2 cm³/mol. The third-order valence-electron chi connectivity index (χ3n) is 1.84. The van der Waals surface area contributed by atoms with Crippen molar-refractivity contribution in [2.75, 3.05) is 0 Å². The van der Waals surface area contributed by atoms with Gasteiger partial charge in [-0.2, -0.15) is 0 Å². The molecule has 0 N–H and O–H groups in total. The highest BCUT2D eigenvalue weighted by Gasteiger charge is 2.05. The van der Waals surface area contributed by atoms with E-state index in [9.17, 15) is 10.1 Å². The Labute approximate surface area is 84.1 Å². The lowest BCUT2D eigenvalue weighted by atomic mass is 10.1. The van der Waals surface area contributed by atoms with Crippen LogP contribution in [0.2, 0.25) is 0 Å². The largest absolute Gasteiger partial charge is 0.269 e. The molecular weight excluding hydrogens is 200 g/mol. The highest BCUT2D eigenvalue weighted by atomic mass is 32.1. The molecule has 14 heavy (non-hydrogen) atoms. The van der Waals surface area contributed by atoms with Crippen molar-refractivity contribution >= 4 is 17.2 Å². The molecule has 0 aliphatic carbocycles. The highest BCUT2D eigenvalue weighted by molar-refractivity contribution is 7.03. The Morgan fingerprint density at radius 3 is 2.43 bits per heavy atom. The summed E-state index contributed by atoms with van der Waals surface area (Å²) in [6.45, 7) is 0. The minimum absolute atomic E-state index is 0.108. The lowest BCUT2D eigenvalue weighted by Gasteiger charge is -1.95. The monoisotopic (exact) mass is 206 g/mol. The number of non-ortho nitro benzene ring substituents is 1. The average molecular weight is 206 g/mol. The van der Waals surface area contributed by atoms with Crippen LogP contribution < -0.4 is 0 Å². The zero-order valence-electron chi connectivity index (χ0n) is 7.08. The van der Waals surface area contributed by atoms with Gasteiger partial charge in [0.2, 0.25) is 0 Å². The lowest BCUT2D eigenvalue weighted by Crippen LogP contribution is -1.86. The molecule has 70 valence electrons. The van der Waals surface area contributed by atoms with E-state index in [0.29, 0.717) is 0 Å². The summed E-state index contributed by atoms with van der Waals surface area (Å²) in [7, 11) is 0. The van der Waals surface area contributed by atoms with Gasteiger partial charge < -0.3 is 0 Å². The van der Waals surface area contributed by atoms with Gasteiger partial charge in [-0.25, -0.2) is 4.37 Å². The Balaban J connectivity index is 2.36. The summed E-state index contributed by atoms with van der Waals surface area (Å²) in [5.74, 6) is 0. The number of benzene rings is 1.